The fourth-order valence-electron chi connectivity index (χ4n) is 4.38. The van der Waals surface area contributed by atoms with Crippen molar-refractivity contribution < 1.29 is 23.2 Å². The summed E-state index contributed by atoms with van der Waals surface area (Å²) in [5, 5.41) is 5.56. The number of nitrogens with one attached hydrogen (secondary N) is 2. The van der Waals surface area contributed by atoms with E-state index < -0.39 is 11.3 Å². The van der Waals surface area contributed by atoms with Crippen LogP contribution in [0, 0.1) is 5.82 Å². The van der Waals surface area contributed by atoms with Gasteiger partial charge in [-0.05, 0) is 54.8 Å². The fraction of sp³-hybridized carbons (Fsp3) is 0.276. The molecule has 2 atom stereocenters. The Morgan fingerprint density at radius 3 is 2.62 bits per heavy atom. The van der Waals surface area contributed by atoms with Gasteiger partial charge in [-0.25, -0.2) is 14.3 Å². The van der Waals surface area contributed by atoms with Gasteiger partial charge in [-0.15, -0.1) is 0 Å². The Morgan fingerprint density at radius 1 is 1.07 bits per heavy atom. The molecule has 0 saturated carbocycles. The predicted molar refractivity (Wildman–Crippen MR) is 150 cm³/mol. The van der Waals surface area contributed by atoms with E-state index in [-0.39, 0.29) is 49.5 Å². The molecule has 2 aliphatic rings. The second-order valence-corrected chi connectivity index (χ2v) is 10.5. The van der Waals surface area contributed by atoms with Crippen molar-refractivity contribution in [3.8, 4) is 0 Å². The number of halogens is 1. The summed E-state index contributed by atoms with van der Waals surface area (Å²) in [4.78, 5) is 49.9. The van der Waals surface area contributed by atoms with E-state index in [2.05, 4.69) is 10.6 Å². The summed E-state index contributed by atoms with van der Waals surface area (Å²) in [6.45, 7) is 2.42. The fourth-order valence-corrected chi connectivity index (χ4v) is 5.42. The van der Waals surface area contributed by atoms with Crippen LogP contribution in [0.4, 0.5) is 10.1 Å². The molecular formula is C29H28FN5O4S. The number of nitrogens with zero attached hydrogens (tertiary/aromatic N) is 3. The number of benzene rings is 2. The van der Waals surface area contributed by atoms with Gasteiger partial charge in [-0.3, -0.25) is 19.4 Å². The second kappa shape index (κ2) is 12.3. The maximum Gasteiger partial charge on any atom is 0.259 e. The molecule has 0 fully saturated rings. The topological polar surface area (TPSA) is 116 Å². The van der Waals surface area contributed by atoms with Gasteiger partial charge >= 0.3 is 0 Å². The summed E-state index contributed by atoms with van der Waals surface area (Å²) in [5.41, 5.74) is 2.16. The minimum atomic E-state index is -0.753. The molecule has 2 N–H and O–H groups in total. The number of aliphatic imine (C=N–C) groups is 2. The zero-order chi connectivity index (χ0) is 28.1. The Labute approximate surface area is 234 Å². The number of para-hydroxylation sites is 1. The average molecular weight is 562 g/mol. The maximum atomic E-state index is 13.5. The molecule has 0 bridgehead atoms. The number of furan rings is 1. The minimum Gasteiger partial charge on any atom is -0.467 e. The zero-order valence-electron chi connectivity index (χ0n) is 21.8. The monoisotopic (exact) mass is 561 g/mol. The molecule has 11 heteroatoms. The third-order valence-corrected chi connectivity index (χ3v) is 7.84. The Kier molecular flexibility index (Phi) is 8.40. The van der Waals surface area contributed by atoms with E-state index in [0.29, 0.717) is 28.9 Å². The van der Waals surface area contributed by atoms with E-state index in [1.165, 1.54) is 28.8 Å². The lowest BCUT2D eigenvalue weighted by atomic mass is 10.1. The molecule has 0 aliphatic carbocycles. The summed E-state index contributed by atoms with van der Waals surface area (Å²) in [7, 11) is 0. The van der Waals surface area contributed by atoms with Crippen LogP contribution in [0.3, 0.4) is 0 Å². The summed E-state index contributed by atoms with van der Waals surface area (Å²) in [6.07, 6.45) is 2.37. The summed E-state index contributed by atoms with van der Waals surface area (Å²) < 4.78 is 18.4. The molecule has 40 heavy (non-hydrogen) atoms. The van der Waals surface area contributed by atoms with E-state index >= 15 is 0 Å². The SMILES string of the molecule is CC[C@@H](SC1=Nc2ccccc2C2=N[C@H](CCC(=O)NCc3ccc(F)cc3)C(=O)N12)C(=O)NCc1ccco1. The van der Waals surface area contributed by atoms with Crippen LogP contribution in [0.5, 0.6) is 0 Å². The van der Waals surface area contributed by atoms with Crippen molar-refractivity contribution in [3.05, 3.63) is 89.6 Å². The number of amidine groups is 2. The molecule has 206 valence electrons. The highest BCUT2D eigenvalue weighted by molar-refractivity contribution is 8.15. The van der Waals surface area contributed by atoms with Gasteiger partial charge in [-0.1, -0.05) is 43.0 Å². The van der Waals surface area contributed by atoms with Crippen LogP contribution in [-0.4, -0.2) is 44.9 Å². The van der Waals surface area contributed by atoms with Gasteiger partial charge in [0.1, 0.15) is 23.5 Å². The van der Waals surface area contributed by atoms with Gasteiger partial charge in [0.15, 0.2) is 5.17 Å². The molecule has 0 spiro atoms. The van der Waals surface area contributed by atoms with E-state index in [0.717, 1.165) is 11.1 Å². The summed E-state index contributed by atoms with van der Waals surface area (Å²) in [5.74, 6) is 0.0716. The largest absolute Gasteiger partial charge is 0.467 e. The minimum absolute atomic E-state index is 0.0935. The molecular weight excluding hydrogens is 533 g/mol. The summed E-state index contributed by atoms with van der Waals surface area (Å²) in [6, 6.07) is 16.1. The molecule has 2 aromatic carbocycles. The molecule has 3 aromatic rings. The molecule has 3 amide bonds. The first-order valence-electron chi connectivity index (χ1n) is 13.0. The molecule has 0 saturated heterocycles. The van der Waals surface area contributed by atoms with Crippen molar-refractivity contribution in [2.75, 3.05) is 0 Å². The first kappa shape index (κ1) is 27.3. The van der Waals surface area contributed by atoms with Crippen molar-refractivity contribution in [3.63, 3.8) is 0 Å². The van der Waals surface area contributed by atoms with Gasteiger partial charge in [0.25, 0.3) is 5.91 Å². The van der Waals surface area contributed by atoms with Crippen LogP contribution in [0.1, 0.15) is 43.1 Å². The molecule has 3 heterocycles. The molecule has 0 radical (unpaired) electrons. The van der Waals surface area contributed by atoms with Crippen LogP contribution in [0.25, 0.3) is 0 Å². The van der Waals surface area contributed by atoms with Gasteiger partial charge in [-0.2, -0.15) is 0 Å². The van der Waals surface area contributed by atoms with Gasteiger partial charge in [0.2, 0.25) is 11.8 Å². The molecule has 1 aromatic heterocycles. The van der Waals surface area contributed by atoms with E-state index in [9.17, 15) is 18.8 Å². The normalized spacial score (nSPS) is 16.5. The zero-order valence-corrected chi connectivity index (χ0v) is 22.6. The Balaban J connectivity index is 1.26. The lowest BCUT2D eigenvalue weighted by Crippen LogP contribution is -2.43. The molecule has 5 rings (SSSR count). The predicted octanol–water partition coefficient (Wildman–Crippen LogP) is 4.30. The number of amides is 3. The van der Waals surface area contributed by atoms with Crippen molar-refractivity contribution in [1.82, 2.24) is 15.5 Å². The Morgan fingerprint density at radius 2 is 1.88 bits per heavy atom. The highest BCUT2D eigenvalue weighted by Gasteiger charge is 2.42. The van der Waals surface area contributed by atoms with E-state index in [1.54, 1.807) is 30.5 Å². The van der Waals surface area contributed by atoms with Crippen LogP contribution >= 0.6 is 11.8 Å². The maximum absolute atomic E-state index is 13.5. The number of fused-ring (bicyclic) bond motifs is 3. The Hall–Kier alpha value is -4.25. The molecule has 9 nitrogen and oxygen atoms in total. The first-order chi connectivity index (χ1) is 19.4. The lowest BCUT2D eigenvalue weighted by molar-refractivity contribution is -0.125. The van der Waals surface area contributed by atoms with E-state index in [4.69, 9.17) is 14.4 Å². The average Bonchev–Trinajstić information content (AvgIpc) is 3.61. The highest BCUT2D eigenvalue weighted by Crippen LogP contribution is 2.35. The van der Waals surface area contributed by atoms with Gasteiger partial charge < -0.3 is 15.1 Å². The second-order valence-electron chi connectivity index (χ2n) is 9.31. The third kappa shape index (κ3) is 6.15. The van der Waals surface area contributed by atoms with Crippen LogP contribution in [0.2, 0.25) is 0 Å². The van der Waals surface area contributed by atoms with Crippen molar-refractivity contribution in [2.45, 2.75) is 50.6 Å². The first-order valence-corrected chi connectivity index (χ1v) is 13.9. The quantitative estimate of drug-likeness (QED) is 0.383. The number of thioether (sulfide) groups is 1. The molecule has 0 unspecified atom stereocenters. The lowest BCUT2D eigenvalue weighted by Gasteiger charge is -2.27. The van der Waals surface area contributed by atoms with Crippen LogP contribution in [0.15, 0.2) is 81.3 Å². The van der Waals surface area contributed by atoms with E-state index in [1.807, 2.05) is 31.2 Å². The Bertz CT molecular complexity index is 1460. The van der Waals surface area contributed by atoms with Gasteiger partial charge in [0.05, 0.1) is 23.7 Å². The van der Waals surface area contributed by atoms with Gasteiger partial charge in [0, 0.05) is 18.5 Å². The van der Waals surface area contributed by atoms with Crippen molar-refractivity contribution in [2.24, 2.45) is 9.98 Å². The highest BCUT2D eigenvalue weighted by atomic mass is 32.2. The number of carbonyl (C=O) groups excluding carboxylic acids is 3. The number of hydrogen-bond acceptors (Lipinski definition) is 7. The number of carbonyl (C=O) groups is 3. The molecule has 2 aliphatic heterocycles. The van der Waals surface area contributed by atoms with Crippen LogP contribution in [-0.2, 0) is 27.5 Å². The third-order valence-electron chi connectivity index (χ3n) is 6.52. The summed E-state index contributed by atoms with van der Waals surface area (Å²) >= 11 is 1.21. The number of hydrogen-bond donors (Lipinski definition) is 2. The standard InChI is InChI=1S/C29H28FN5O4S/c1-2-24(27(37)32-17-20-6-5-15-39-20)40-29-34-22-8-4-3-7-21(22)26-33-23(28(38)35(26)29)13-14-25(36)31-16-18-9-11-19(30)12-10-18/h3-12,15,23-24H,2,13-14,16-17H2,1H3,(H,31,36)(H,32,37)/t23-,24-/m1/s1. The smallest absolute Gasteiger partial charge is 0.259 e. The van der Waals surface area contributed by atoms with Crippen LogP contribution < -0.4 is 10.6 Å². The number of rotatable bonds is 10. The van der Waals surface area contributed by atoms with Crippen molar-refractivity contribution >= 4 is 46.2 Å². The van der Waals surface area contributed by atoms with Crippen molar-refractivity contribution in [1.29, 1.82) is 0 Å².